The van der Waals surface area contributed by atoms with Crippen LogP contribution in [0.15, 0.2) is 18.2 Å². The van der Waals surface area contributed by atoms with Gasteiger partial charge in [0.15, 0.2) is 0 Å². The van der Waals surface area contributed by atoms with E-state index in [4.69, 9.17) is 0 Å². The van der Waals surface area contributed by atoms with E-state index in [0.29, 0.717) is 24.9 Å². The molecule has 1 fully saturated rings. The average Bonchev–Trinajstić information content (AvgIpc) is 3.08. The van der Waals surface area contributed by atoms with Crippen molar-refractivity contribution in [2.75, 3.05) is 11.9 Å². The van der Waals surface area contributed by atoms with Gasteiger partial charge in [0.1, 0.15) is 5.82 Å². The van der Waals surface area contributed by atoms with E-state index in [1.807, 2.05) is 0 Å². The molecule has 9 heteroatoms. The molecule has 0 spiro atoms. The number of nitrogens with one attached hydrogen (secondary N) is 3. The topological polar surface area (TPSA) is 108 Å². The van der Waals surface area contributed by atoms with Gasteiger partial charge in [-0.1, -0.05) is 0 Å². The van der Waals surface area contributed by atoms with E-state index >= 15 is 0 Å². The first-order valence-electron chi connectivity index (χ1n) is 9.62. The maximum atomic E-state index is 14.2. The van der Waals surface area contributed by atoms with Crippen LogP contribution in [0, 0.1) is 5.82 Å². The number of carbonyl (C=O) groups is 4. The minimum absolute atomic E-state index is 0.106. The summed E-state index contributed by atoms with van der Waals surface area (Å²) in [5.74, 6) is -3.73. The van der Waals surface area contributed by atoms with E-state index in [2.05, 4.69) is 16.0 Å². The first-order valence-corrected chi connectivity index (χ1v) is 9.62. The van der Waals surface area contributed by atoms with Crippen LogP contribution in [0.1, 0.15) is 52.1 Å². The molecule has 3 N–H and O–H groups in total. The number of amides is 4. The van der Waals surface area contributed by atoms with Gasteiger partial charge in [-0.15, -0.1) is 0 Å². The summed E-state index contributed by atoms with van der Waals surface area (Å²) in [7, 11) is 0. The van der Waals surface area contributed by atoms with Crippen LogP contribution in [0.5, 0.6) is 0 Å². The van der Waals surface area contributed by atoms with Crippen molar-refractivity contribution >= 4 is 29.3 Å². The maximum Gasteiger partial charge on any atom is 0.313 e. The number of likely N-dealkylation sites (tertiary alicyclic amines) is 1. The largest absolute Gasteiger partial charge is 0.346 e. The molecular formula is C20H27FN4O4. The molecule has 29 heavy (non-hydrogen) atoms. The van der Waals surface area contributed by atoms with Gasteiger partial charge in [0.2, 0.25) is 0 Å². The zero-order valence-electron chi connectivity index (χ0n) is 17.0. The predicted octanol–water partition coefficient (Wildman–Crippen LogP) is 1.48. The van der Waals surface area contributed by atoms with Crippen molar-refractivity contribution in [3.8, 4) is 0 Å². The number of hydrogen-bond acceptors (Lipinski definition) is 4. The fourth-order valence-corrected chi connectivity index (χ4v) is 3.20. The second-order valence-corrected chi connectivity index (χ2v) is 7.64. The number of carbonyl (C=O) groups excluding carboxylic acids is 4. The molecule has 1 heterocycles. The molecule has 1 atom stereocenters. The van der Waals surface area contributed by atoms with Gasteiger partial charge in [0, 0.05) is 24.3 Å². The summed E-state index contributed by atoms with van der Waals surface area (Å²) < 4.78 is 14.2. The zero-order chi connectivity index (χ0) is 21.7. The Morgan fingerprint density at radius 3 is 2.21 bits per heavy atom. The number of anilines is 1. The highest BCUT2D eigenvalue weighted by Crippen LogP contribution is 2.33. The quantitative estimate of drug-likeness (QED) is 0.658. The summed E-state index contributed by atoms with van der Waals surface area (Å²) in [4.78, 5) is 49.8. The van der Waals surface area contributed by atoms with E-state index in [1.165, 1.54) is 17.0 Å². The van der Waals surface area contributed by atoms with Crippen molar-refractivity contribution in [3.05, 3.63) is 29.6 Å². The van der Waals surface area contributed by atoms with Crippen molar-refractivity contribution in [1.29, 1.82) is 0 Å². The highest BCUT2D eigenvalue weighted by molar-refractivity contribution is 6.39. The molecule has 1 unspecified atom stereocenters. The molecule has 158 valence electrons. The molecule has 0 saturated carbocycles. The minimum atomic E-state index is -0.911. The highest BCUT2D eigenvalue weighted by Gasteiger charge is 2.34. The number of rotatable bonds is 4. The summed E-state index contributed by atoms with van der Waals surface area (Å²) >= 11 is 0. The summed E-state index contributed by atoms with van der Waals surface area (Å²) in [6, 6.07) is 2.99. The smallest absolute Gasteiger partial charge is 0.313 e. The van der Waals surface area contributed by atoms with Crippen LogP contribution >= 0.6 is 0 Å². The van der Waals surface area contributed by atoms with Crippen LogP contribution in [0.3, 0.4) is 0 Å². The van der Waals surface area contributed by atoms with Crippen molar-refractivity contribution < 1.29 is 23.6 Å². The lowest BCUT2D eigenvalue weighted by Gasteiger charge is -2.25. The van der Waals surface area contributed by atoms with Crippen LogP contribution in [-0.2, 0) is 19.2 Å². The molecule has 2 rings (SSSR count). The monoisotopic (exact) mass is 406 g/mol. The Morgan fingerprint density at radius 2 is 1.59 bits per heavy atom. The normalized spacial score (nSPS) is 16.1. The standard InChI is InChI=1S/C20H27FN4O4/c1-11(2)22-17(26)18(27)24-15-9-13(8-14(21)10-15)16-6-5-7-25(16)20(29)19(28)23-12(3)4/h8-12,16H,5-7H2,1-4H3,(H,22,26)(H,23,28)(H,24,27). The van der Waals surface area contributed by atoms with E-state index in [0.717, 1.165) is 6.07 Å². The lowest BCUT2D eigenvalue weighted by molar-refractivity contribution is -0.146. The van der Waals surface area contributed by atoms with Crippen LogP contribution < -0.4 is 16.0 Å². The SMILES string of the molecule is CC(C)NC(=O)C(=O)Nc1cc(F)cc(C2CCCN2C(=O)C(=O)NC(C)C)c1. The highest BCUT2D eigenvalue weighted by atomic mass is 19.1. The Balaban J connectivity index is 2.19. The molecule has 1 aromatic rings. The molecule has 1 aromatic carbocycles. The van der Waals surface area contributed by atoms with Crippen molar-refractivity contribution in [1.82, 2.24) is 15.5 Å². The van der Waals surface area contributed by atoms with Gasteiger partial charge in [0.25, 0.3) is 0 Å². The van der Waals surface area contributed by atoms with Crippen LogP contribution in [-0.4, -0.2) is 47.2 Å². The molecule has 1 aliphatic rings. The third kappa shape index (κ3) is 6.00. The Kier molecular flexibility index (Phi) is 7.30. The van der Waals surface area contributed by atoms with Crippen LogP contribution in [0.25, 0.3) is 0 Å². The van der Waals surface area contributed by atoms with Gasteiger partial charge >= 0.3 is 23.6 Å². The Labute approximate surface area is 169 Å². The molecule has 1 saturated heterocycles. The molecular weight excluding hydrogens is 379 g/mol. The fraction of sp³-hybridized carbons (Fsp3) is 0.500. The third-order valence-corrected chi connectivity index (χ3v) is 4.32. The first kappa shape index (κ1) is 22.3. The van der Waals surface area contributed by atoms with E-state index in [1.54, 1.807) is 27.7 Å². The molecule has 8 nitrogen and oxygen atoms in total. The van der Waals surface area contributed by atoms with Crippen LogP contribution in [0.4, 0.5) is 10.1 Å². The van der Waals surface area contributed by atoms with Gasteiger partial charge < -0.3 is 20.9 Å². The molecule has 0 radical (unpaired) electrons. The maximum absolute atomic E-state index is 14.2. The summed E-state index contributed by atoms with van der Waals surface area (Å²) in [5.41, 5.74) is 0.558. The van der Waals surface area contributed by atoms with Crippen molar-refractivity contribution in [2.45, 2.75) is 58.7 Å². The number of hydrogen-bond donors (Lipinski definition) is 3. The van der Waals surface area contributed by atoms with Gasteiger partial charge in [0.05, 0.1) is 6.04 Å². The number of benzene rings is 1. The zero-order valence-corrected chi connectivity index (χ0v) is 17.0. The van der Waals surface area contributed by atoms with Gasteiger partial charge in [-0.3, -0.25) is 19.2 Å². The van der Waals surface area contributed by atoms with Gasteiger partial charge in [-0.2, -0.15) is 0 Å². The van der Waals surface area contributed by atoms with E-state index in [-0.39, 0.29) is 17.8 Å². The third-order valence-electron chi connectivity index (χ3n) is 4.32. The minimum Gasteiger partial charge on any atom is -0.346 e. The summed E-state index contributed by atoms with van der Waals surface area (Å²) in [6.07, 6.45) is 1.23. The second kappa shape index (κ2) is 9.49. The second-order valence-electron chi connectivity index (χ2n) is 7.64. The predicted molar refractivity (Wildman–Crippen MR) is 105 cm³/mol. The Bertz CT molecular complexity index is 810. The average molecular weight is 406 g/mol. The summed E-state index contributed by atoms with van der Waals surface area (Å²) in [5, 5.41) is 7.39. The van der Waals surface area contributed by atoms with Crippen LogP contribution in [0.2, 0.25) is 0 Å². The molecule has 1 aliphatic heterocycles. The van der Waals surface area contributed by atoms with Crippen molar-refractivity contribution in [2.24, 2.45) is 0 Å². The summed E-state index contributed by atoms with van der Waals surface area (Å²) in [6.45, 7) is 7.32. The first-order chi connectivity index (χ1) is 13.6. The van der Waals surface area contributed by atoms with Gasteiger partial charge in [-0.05, 0) is 64.3 Å². The molecule has 4 amide bonds. The Hall–Kier alpha value is -2.97. The van der Waals surface area contributed by atoms with E-state index < -0.39 is 35.5 Å². The molecule has 0 aromatic heterocycles. The number of nitrogens with zero attached hydrogens (tertiary/aromatic N) is 1. The molecule has 0 aliphatic carbocycles. The van der Waals surface area contributed by atoms with Crippen molar-refractivity contribution in [3.63, 3.8) is 0 Å². The fourth-order valence-electron chi connectivity index (χ4n) is 3.20. The lowest BCUT2D eigenvalue weighted by atomic mass is 10.0. The number of halogens is 1. The lowest BCUT2D eigenvalue weighted by Crippen LogP contribution is -2.44. The van der Waals surface area contributed by atoms with E-state index in [9.17, 15) is 23.6 Å². The molecule has 0 bridgehead atoms. The van der Waals surface area contributed by atoms with Gasteiger partial charge in [-0.25, -0.2) is 4.39 Å². The Morgan fingerprint density at radius 1 is 0.966 bits per heavy atom.